The van der Waals surface area contributed by atoms with E-state index in [1.165, 1.54) is 0 Å². The van der Waals surface area contributed by atoms with Crippen molar-refractivity contribution in [2.45, 2.75) is 38.6 Å². The Morgan fingerprint density at radius 3 is 2.16 bits per heavy atom. The van der Waals surface area contributed by atoms with Gasteiger partial charge in [0, 0.05) is 34.9 Å². The second-order valence-corrected chi connectivity index (χ2v) is 11.5. The van der Waals surface area contributed by atoms with E-state index in [-0.39, 0.29) is 23.3 Å². The number of benzene rings is 3. The summed E-state index contributed by atoms with van der Waals surface area (Å²) in [5.41, 5.74) is 6.43. The molecule has 0 aliphatic rings. The molecule has 0 aliphatic heterocycles. The largest absolute Gasteiger partial charge is 0.463 e. The van der Waals surface area contributed by atoms with Crippen molar-refractivity contribution in [1.29, 1.82) is 0 Å². The molecule has 0 radical (unpaired) electrons. The molecule has 0 saturated heterocycles. The van der Waals surface area contributed by atoms with Crippen LogP contribution in [0.4, 0.5) is 17.1 Å². The fraction of sp³-hybridized carbons (Fsp3) is 0.333. The molecule has 10 heteroatoms. The number of hydrogen-bond donors (Lipinski definition) is 4. The van der Waals surface area contributed by atoms with Gasteiger partial charge in [-0.3, -0.25) is 14.3 Å². The molecule has 3 aromatic carbocycles. The highest BCUT2D eigenvalue weighted by molar-refractivity contribution is 7.93. The Morgan fingerprint density at radius 1 is 0.946 bits per heavy atom. The lowest BCUT2D eigenvalue weighted by molar-refractivity contribution is -0.150. The molecule has 0 fully saturated rings. The van der Waals surface area contributed by atoms with Crippen LogP contribution in [-0.2, 0) is 24.3 Å². The molecule has 0 bridgehead atoms. The van der Waals surface area contributed by atoms with E-state index in [2.05, 4.69) is 15.4 Å². The third-order valence-corrected chi connectivity index (χ3v) is 7.46. The van der Waals surface area contributed by atoms with E-state index >= 15 is 0 Å². The van der Waals surface area contributed by atoms with Crippen LogP contribution < -0.4 is 21.1 Å². The third kappa shape index (κ3) is 6.58. The number of nitrogens with two attached hydrogens (primary N) is 1. The van der Waals surface area contributed by atoms with Crippen LogP contribution in [-0.4, -0.2) is 40.0 Å². The standard InChI is InChI=1S/C27H34N4O5S/c1-17(2)24(28)25(32)36-16-27(3,4)26(33)30-18-12-14-19(15-13-18)31-37(34,35)23-11-7-8-20-21(23)9-6-10-22(20)29-5/h6-15,17,24,29,31H,16,28H2,1-5H3,(H,30,33)/t24-/m0/s1. The summed E-state index contributed by atoms with van der Waals surface area (Å²) >= 11 is 0. The first kappa shape index (κ1) is 27.9. The van der Waals surface area contributed by atoms with Crippen molar-refractivity contribution in [3.05, 3.63) is 60.7 Å². The smallest absolute Gasteiger partial charge is 0.323 e. The number of ether oxygens (including phenoxy) is 1. The monoisotopic (exact) mass is 526 g/mol. The Kier molecular flexibility index (Phi) is 8.45. The summed E-state index contributed by atoms with van der Waals surface area (Å²) in [5, 5.41) is 7.24. The minimum atomic E-state index is -3.88. The average molecular weight is 527 g/mol. The van der Waals surface area contributed by atoms with Crippen LogP contribution in [0.1, 0.15) is 27.7 Å². The van der Waals surface area contributed by atoms with Crippen LogP contribution >= 0.6 is 0 Å². The number of sulfonamides is 1. The molecule has 9 nitrogen and oxygen atoms in total. The van der Waals surface area contributed by atoms with Gasteiger partial charge in [-0.1, -0.05) is 38.1 Å². The van der Waals surface area contributed by atoms with E-state index < -0.39 is 27.4 Å². The number of hydrogen-bond acceptors (Lipinski definition) is 7. The Hall–Kier alpha value is -3.63. The van der Waals surface area contributed by atoms with Crippen LogP contribution in [0.25, 0.3) is 10.8 Å². The maximum atomic E-state index is 13.2. The molecule has 0 aliphatic carbocycles. The van der Waals surface area contributed by atoms with E-state index in [0.717, 1.165) is 11.1 Å². The number of nitrogens with one attached hydrogen (secondary N) is 3. The number of rotatable bonds is 10. The summed E-state index contributed by atoms with van der Waals surface area (Å²) in [6.45, 7) is 6.81. The van der Waals surface area contributed by atoms with Gasteiger partial charge in [-0.05, 0) is 56.2 Å². The second kappa shape index (κ2) is 11.2. The summed E-state index contributed by atoms with van der Waals surface area (Å²) in [6.07, 6.45) is 0. The summed E-state index contributed by atoms with van der Waals surface area (Å²) in [5.74, 6) is -0.990. The van der Waals surface area contributed by atoms with Crippen LogP contribution in [0.5, 0.6) is 0 Å². The molecule has 37 heavy (non-hydrogen) atoms. The molecule has 0 spiro atoms. The summed E-state index contributed by atoms with van der Waals surface area (Å²) in [4.78, 5) is 25.0. The van der Waals surface area contributed by atoms with Gasteiger partial charge >= 0.3 is 5.97 Å². The number of anilines is 3. The van der Waals surface area contributed by atoms with Crippen molar-refractivity contribution in [1.82, 2.24) is 0 Å². The first-order valence-corrected chi connectivity index (χ1v) is 13.4. The zero-order chi connectivity index (χ0) is 27.4. The zero-order valence-electron chi connectivity index (χ0n) is 21.7. The maximum Gasteiger partial charge on any atom is 0.323 e. The van der Waals surface area contributed by atoms with E-state index in [9.17, 15) is 18.0 Å². The fourth-order valence-corrected chi connectivity index (χ4v) is 4.83. The molecule has 0 aromatic heterocycles. The third-order valence-electron chi connectivity index (χ3n) is 6.02. The molecule has 0 saturated carbocycles. The molecule has 1 atom stereocenters. The van der Waals surface area contributed by atoms with Crippen LogP contribution in [0, 0.1) is 11.3 Å². The molecule has 0 unspecified atom stereocenters. The summed E-state index contributed by atoms with van der Waals surface area (Å²) < 4.78 is 34.2. The Balaban J connectivity index is 1.69. The van der Waals surface area contributed by atoms with Gasteiger partial charge in [0.25, 0.3) is 10.0 Å². The van der Waals surface area contributed by atoms with Gasteiger partial charge in [-0.15, -0.1) is 0 Å². The van der Waals surface area contributed by atoms with Gasteiger partial charge in [0.1, 0.15) is 12.6 Å². The van der Waals surface area contributed by atoms with Crippen molar-refractivity contribution in [3.63, 3.8) is 0 Å². The van der Waals surface area contributed by atoms with Crippen molar-refractivity contribution in [2.24, 2.45) is 17.1 Å². The second-order valence-electron chi connectivity index (χ2n) is 9.81. The van der Waals surface area contributed by atoms with Gasteiger partial charge in [-0.2, -0.15) is 0 Å². The van der Waals surface area contributed by atoms with E-state index in [1.807, 2.05) is 26.0 Å². The van der Waals surface area contributed by atoms with Crippen molar-refractivity contribution < 1.29 is 22.7 Å². The minimum Gasteiger partial charge on any atom is -0.463 e. The lowest BCUT2D eigenvalue weighted by Crippen LogP contribution is -2.41. The van der Waals surface area contributed by atoms with Gasteiger partial charge in [-0.25, -0.2) is 8.42 Å². The first-order chi connectivity index (χ1) is 17.4. The van der Waals surface area contributed by atoms with Gasteiger partial charge < -0.3 is 21.1 Å². The predicted octanol–water partition coefficient (Wildman–Crippen LogP) is 4.17. The first-order valence-electron chi connectivity index (χ1n) is 11.9. The number of carbonyl (C=O) groups excluding carboxylic acids is 2. The molecule has 3 rings (SSSR count). The van der Waals surface area contributed by atoms with Crippen molar-refractivity contribution >= 4 is 49.7 Å². The summed E-state index contributed by atoms with van der Waals surface area (Å²) in [7, 11) is -2.09. The minimum absolute atomic E-state index is 0.0770. The molecule has 5 N–H and O–H groups in total. The zero-order valence-corrected chi connectivity index (χ0v) is 22.5. The normalized spacial score (nSPS) is 12.7. The summed E-state index contributed by atoms with van der Waals surface area (Å²) in [6, 6.07) is 16.1. The lowest BCUT2D eigenvalue weighted by atomic mass is 9.93. The molecule has 1 amide bonds. The molecule has 198 valence electrons. The number of fused-ring (bicyclic) bond motifs is 1. The fourth-order valence-electron chi connectivity index (χ4n) is 3.55. The molecule has 0 heterocycles. The topological polar surface area (TPSA) is 140 Å². The van der Waals surface area contributed by atoms with Crippen LogP contribution in [0.2, 0.25) is 0 Å². The molecule has 3 aromatic rings. The average Bonchev–Trinajstić information content (AvgIpc) is 2.86. The SMILES string of the molecule is CNc1cccc2c(S(=O)(=O)Nc3ccc(NC(=O)C(C)(C)COC(=O)[C@@H](N)C(C)C)cc3)cccc12. The van der Waals surface area contributed by atoms with E-state index in [4.69, 9.17) is 10.5 Å². The van der Waals surface area contributed by atoms with Gasteiger partial charge in [0.15, 0.2) is 0 Å². The van der Waals surface area contributed by atoms with Crippen LogP contribution in [0.3, 0.4) is 0 Å². The highest BCUT2D eigenvalue weighted by Gasteiger charge is 2.31. The van der Waals surface area contributed by atoms with Crippen molar-refractivity contribution in [3.8, 4) is 0 Å². The Bertz CT molecular complexity index is 1390. The van der Waals surface area contributed by atoms with Crippen molar-refractivity contribution in [2.75, 3.05) is 29.0 Å². The lowest BCUT2D eigenvalue weighted by Gasteiger charge is -2.24. The number of esters is 1. The number of carbonyl (C=O) groups is 2. The van der Waals surface area contributed by atoms with Crippen LogP contribution in [0.15, 0.2) is 65.6 Å². The highest BCUT2D eigenvalue weighted by atomic mass is 32.2. The van der Waals surface area contributed by atoms with E-state index in [1.54, 1.807) is 69.4 Å². The predicted molar refractivity (Wildman–Crippen MR) is 147 cm³/mol. The molecular formula is C27H34N4O5S. The quantitative estimate of drug-likeness (QED) is 0.291. The molecular weight excluding hydrogens is 492 g/mol. The highest BCUT2D eigenvalue weighted by Crippen LogP contribution is 2.30. The number of amides is 1. The van der Waals surface area contributed by atoms with Gasteiger partial charge in [0.05, 0.1) is 10.3 Å². The Labute approximate surface area is 217 Å². The Morgan fingerprint density at radius 2 is 1.54 bits per heavy atom. The maximum absolute atomic E-state index is 13.2. The van der Waals surface area contributed by atoms with E-state index in [0.29, 0.717) is 16.8 Å². The van der Waals surface area contributed by atoms with Gasteiger partial charge in [0.2, 0.25) is 5.91 Å².